The van der Waals surface area contributed by atoms with Crippen LogP contribution in [0.1, 0.15) is 26.3 Å². The van der Waals surface area contributed by atoms with Crippen molar-refractivity contribution in [2.24, 2.45) is 12.5 Å². The second-order valence-electron chi connectivity index (χ2n) is 9.20. The summed E-state index contributed by atoms with van der Waals surface area (Å²) in [7, 11) is 1.74. The largest absolute Gasteiger partial charge is 0.439 e. The van der Waals surface area contributed by atoms with Gasteiger partial charge in [-0.3, -0.25) is 9.13 Å². The van der Waals surface area contributed by atoms with Crippen LogP contribution in [0.25, 0.3) is 22.2 Å². The molecule has 0 aliphatic rings. The monoisotopic (exact) mass is 455 g/mol. The highest BCUT2D eigenvalue weighted by Gasteiger charge is 2.31. The van der Waals surface area contributed by atoms with Gasteiger partial charge in [-0.15, -0.1) is 0 Å². The maximum Gasteiger partial charge on any atom is 0.416 e. The zero-order chi connectivity index (χ0) is 24.0. The van der Waals surface area contributed by atoms with E-state index >= 15 is 0 Å². The van der Waals surface area contributed by atoms with E-state index in [2.05, 4.69) is 25.8 Å². The number of imidazole rings is 1. The summed E-state index contributed by atoms with van der Waals surface area (Å²) in [6.45, 7) is 6.84. The molecule has 0 atom stereocenters. The van der Waals surface area contributed by atoms with Crippen LogP contribution < -0.4 is 10.4 Å². The molecule has 0 amide bonds. The van der Waals surface area contributed by atoms with E-state index in [9.17, 15) is 18.0 Å². The Morgan fingerprint density at radius 1 is 0.939 bits per heavy atom. The predicted octanol–water partition coefficient (Wildman–Crippen LogP) is 6.26. The van der Waals surface area contributed by atoms with Gasteiger partial charge >= 0.3 is 11.9 Å². The van der Waals surface area contributed by atoms with Gasteiger partial charge in [0.15, 0.2) is 0 Å². The highest BCUT2D eigenvalue weighted by atomic mass is 19.4. The van der Waals surface area contributed by atoms with Crippen LogP contribution in [0.15, 0.2) is 65.6 Å². The lowest BCUT2D eigenvalue weighted by Gasteiger charge is -2.18. The Labute approximate surface area is 189 Å². The van der Waals surface area contributed by atoms with E-state index in [4.69, 9.17) is 4.74 Å². The summed E-state index contributed by atoms with van der Waals surface area (Å²) in [5.74, 6) is 0.220. The van der Waals surface area contributed by atoms with Crippen LogP contribution in [0.2, 0.25) is 0 Å². The van der Waals surface area contributed by atoms with Crippen molar-refractivity contribution < 1.29 is 17.9 Å². The number of benzene rings is 2. The number of alkyl halides is 3. The van der Waals surface area contributed by atoms with Gasteiger partial charge in [0.05, 0.1) is 16.6 Å². The van der Waals surface area contributed by atoms with Gasteiger partial charge in [-0.2, -0.15) is 13.2 Å². The molecule has 0 fully saturated rings. The zero-order valence-electron chi connectivity index (χ0n) is 18.8. The molecule has 0 saturated heterocycles. The van der Waals surface area contributed by atoms with Crippen molar-refractivity contribution in [3.63, 3.8) is 0 Å². The van der Waals surface area contributed by atoms with Gasteiger partial charge in [0, 0.05) is 25.9 Å². The van der Waals surface area contributed by atoms with Crippen molar-refractivity contribution in [2.45, 2.75) is 33.5 Å². The van der Waals surface area contributed by atoms with Gasteiger partial charge < -0.3 is 4.74 Å². The number of pyridine rings is 1. The van der Waals surface area contributed by atoms with E-state index in [1.54, 1.807) is 34.4 Å². The molecule has 5 nitrogen and oxygen atoms in total. The summed E-state index contributed by atoms with van der Waals surface area (Å²) in [5, 5.41) is 0. The molecule has 0 radical (unpaired) electrons. The predicted molar refractivity (Wildman–Crippen MR) is 121 cm³/mol. The second-order valence-corrected chi connectivity index (χ2v) is 9.20. The highest BCUT2D eigenvalue weighted by Crippen LogP contribution is 2.33. The minimum atomic E-state index is -4.47. The van der Waals surface area contributed by atoms with Gasteiger partial charge in [-0.1, -0.05) is 39.0 Å². The third-order valence-corrected chi connectivity index (χ3v) is 5.23. The molecule has 4 rings (SSSR count). The number of aryl methyl sites for hydroxylation is 1. The summed E-state index contributed by atoms with van der Waals surface area (Å²) < 4.78 is 47.9. The lowest BCUT2D eigenvalue weighted by molar-refractivity contribution is -0.137. The molecule has 2 aromatic carbocycles. The molecule has 0 spiro atoms. The molecule has 33 heavy (non-hydrogen) atoms. The zero-order valence-corrected chi connectivity index (χ0v) is 18.8. The van der Waals surface area contributed by atoms with E-state index in [1.165, 1.54) is 0 Å². The quantitative estimate of drug-likeness (QED) is 0.365. The minimum Gasteiger partial charge on any atom is -0.439 e. The van der Waals surface area contributed by atoms with Crippen molar-refractivity contribution in [1.29, 1.82) is 0 Å². The van der Waals surface area contributed by atoms with Crippen LogP contribution in [-0.2, 0) is 19.8 Å². The first kappa shape index (κ1) is 22.6. The van der Waals surface area contributed by atoms with E-state index in [1.807, 2.05) is 24.3 Å². The Kier molecular flexibility index (Phi) is 5.56. The van der Waals surface area contributed by atoms with Crippen molar-refractivity contribution in [3.05, 3.63) is 76.8 Å². The van der Waals surface area contributed by atoms with E-state index in [0.717, 1.165) is 40.5 Å². The molecule has 2 heterocycles. The molecule has 0 bridgehead atoms. The summed E-state index contributed by atoms with van der Waals surface area (Å²) in [4.78, 5) is 16.7. The van der Waals surface area contributed by atoms with Crippen LogP contribution in [-0.4, -0.2) is 14.1 Å². The lowest BCUT2D eigenvalue weighted by Crippen LogP contribution is -2.27. The Bertz CT molecular complexity index is 1380. The lowest BCUT2D eigenvalue weighted by atomic mass is 9.97. The molecule has 4 aromatic rings. The molecular formula is C25H24F3N3O2. The van der Waals surface area contributed by atoms with E-state index in [-0.39, 0.29) is 17.0 Å². The summed E-state index contributed by atoms with van der Waals surface area (Å²) in [6, 6.07) is 14.5. The van der Waals surface area contributed by atoms with Gasteiger partial charge in [-0.25, -0.2) is 9.78 Å². The molecule has 0 unspecified atom stereocenters. The molecule has 0 aliphatic carbocycles. The van der Waals surface area contributed by atoms with Crippen molar-refractivity contribution in [3.8, 4) is 22.8 Å². The fraction of sp³-hybridized carbons (Fsp3) is 0.280. The van der Waals surface area contributed by atoms with E-state index in [0.29, 0.717) is 12.3 Å². The fourth-order valence-corrected chi connectivity index (χ4v) is 3.72. The first-order chi connectivity index (χ1) is 15.4. The normalized spacial score (nSPS) is 12.3. The van der Waals surface area contributed by atoms with Crippen LogP contribution in [0.4, 0.5) is 13.2 Å². The number of fused-ring (bicyclic) bond motifs is 1. The van der Waals surface area contributed by atoms with Gasteiger partial charge in [0.2, 0.25) is 5.88 Å². The average Bonchev–Trinajstić information content (AvgIpc) is 2.97. The molecule has 8 heteroatoms. The number of hydrogen-bond donors (Lipinski definition) is 0. The Balaban J connectivity index is 1.68. The maximum atomic E-state index is 13.0. The van der Waals surface area contributed by atoms with Crippen molar-refractivity contribution in [2.75, 3.05) is 0 Å². The first-order valence-electron chi connectivity index (χ1n) is 10.4. The van der Waals surface area contributed by atoms with Gasteiger partial charge in [-0.05, 0) is 46.9 Å². The molecule has 172 valence electrons. The van der Waals surface area contributed by atoms with E-state index < -0.39 is 11.7 Å². The topological polar surface area (TPSA) is 49.0 Å². The van der Waals surface area contributed by atoms with Crippen molar-refractivity contribution >= 4 is 11.0 Å². The average molecular weight is 455 g/mol. The number of halogens is 3. The standard InChI is InChI=1S/C25H24F3N3O2/c1-24(2,3)15-31-20-9-8-17(13-21(20)30(4)23(31)32)16-6-5-7-19(12-16)33-22-14-18(10-11-29-22)25(26,27)28/h5-14H,15H2,1-4H3. The number of nitrogens with zero attached hydrogens (tertiary/aromatic N) is 3. The third-order valence-electron chi connectivity index (χ3n) is 5.23. The number of rotatable bonds is 4. The van der Waals surface area contributed by atoms with Crippen LogP contribution in [0.3, 0.4) is 0 Å². The number of hydrogen-bond acceptors (Lipinski definition) is 3. The fourth-order valence-electron chi connectivity index (χ4n) is 3.72. The molecule has 0 saturated carbocycles. The summed E-state index contributed by atoms with van der Waals surface area (Å²) >= 11 is 0. The maximum absolute atomic E-state index is 13.0. The highest BCUT2D eigenvalue weighted by molar-refractivity contribution is 5.83. The summed E-state index contributed by atoms with van der Waals surface area (Å²) in [6.07, 6.45) is -3.41. The first-order valence-corrected chi connectivity index (χ1v) is 10.4. The Hall–Kier alpha value is -3.55. The van der Waals surface area contributed by atoms with Gasteiger partial charge in [0.1, 0.15) is 5.75 Å². The SMILES string of the molecule is Cn1c(=O)n(CC(C)(C)C)c2ccc(-c3cccc(Oc4cc(C(F)(F)F)ccn4)c3)cc21. The molecule has 0 N–H and O–H groups in total. The van der Waals surface area contributed by atoms with Crippen molar-refractivity contribution in [1.82, 2.24) is 14.1 Å². The Morgan fingerprint density at radius 3 is 2.36 bits per heavy atom. The number of ether oxygens (including phenoxy) is 1. The molecule has 2 aromatic heterocycles. The number of aromatic nitrogens is 3. The second kappa shape index (κ2) is 8.10. The third kappa shape index (κ3) is 4.79. The molecular weight excluding hydrogens is 431 g/mol. The minimum absolute atomic E-state index is 0.0556. The Morgan fingerprint density at radius 2 is 1.67 bits per heavy atom. The van der Waals surface area contributed by atoms with Crippen LogP contribution in [0, 0.1) is 5.41 Å². The molecule has 0 aliphatic heterocycles. The smallest absolute Gasteiger partial charge is 0.416 e. The van der Waals surface area contributed by atoms with Gasteiger partial charge in [0.25, 0.3) is 0 Å². The van der Waals surface area contributed by atoms with Crippen LogP contribution >= 0.6 is 0 Å². The summed E-state index contributed by atoms with van der Waals surface area (Å²) in [5.41, 5.74) is 2.35. The van der Waals surface area contributed by atoms with Crippen LogP contribution in [0.5, 0.6) is 11.6 Å².